The van der Waals surface area contributed by atoms with Crippen LogP contribution < -0.4 is 5.32 Å². The fourth-order valence-corrected chi connectivity index (χ4v) is 2.24. The second-order valence-corrected chi connectivity index (χ2v) is 5.23. The molecule has 3 nitrogen and oxygen atoms in total. The molecule has 4 heteroatoms. The van der Waals surface area contributed by atoms with Crippen LogP contribution in [0.1, 0.15) is 16.8 Å². The molecule has 0 saturated heterocycles. The van der Waals surface area contributed by atoms with Crippen molar-refractivity contribution in [2.45, 2.75) is 20.3 Å². The molecule has 0 unspecified atom stereocenters. The molecule has 0 radical (unpaired) electrons. The maximum atomic E-state index is 12.0. The number of carbonyl (C=O) groups is 1. The summed E-state index contributed by atoms with van der Waals surface area (Å²) in [6, 6.07) is 11.6. The van der Waals surface area contributed by atoms with Crippen molar-refractivity contribution in [1.29, 1.82) is 0 Å². The monoisotopic (exact) mass is 318 g/mol. The van der Waals surface area contributed by atoms with Crippen LogP contribution in [0.3, 0.4) is 0 Å². The largest absolute Gasteiger partial charge is 0.324 e. The molecule has 1 aromatic carbocycles. The van der Waals surface area contributed by atoms with Gasteiger partial charge in [0.25, 0.3) is 0 Å². The summed E-state index contributed by atoms with van der Waals surface area (Å²) in [6.45, 7) is 3.88. The van der Waals surface area contributed by atoms with Gasteiger partial charge in [0, 0.05) is 0 Å². The van der Waals surface area contributed by atoms with Crippen LogP contribution in [0.5, 0.6) is 0 Å². The van der Waals surface area contributed by atoms with Gasteiger partial charge >= 0.3 is 0 Å². The highest BCUT2D eigenvalue weighted by Gasteiger charge is 2.08. The molecule has 0 aliphatic rings. The third kappa shape index (κ3) is 3.64. The molecule has 2 rings (SSSR count). The molecule has 0 fully saturated rings. The van der Waals surface area contributed by atoms with Crippen LogP contribution in [-0.2, 0) is 11.2 Å². The van der Waals surface area contributed by atoms with E-state index in [1.165, 1.54) is 0 Å². The number of nitrogens with one attached hydrogen (secondary N) is 1. The van der Waals surface area contributed by atoms with Gasteiger partial charge in [0.15, 0.2) is 0 Å². The van der Waals surface area contributed by atoms with E-state index in [0.29, 0.717) is 6.42 Å². The van der Waals surface area contributed by atoms with Crippen molar-refractivity contribution in [3.8, 4) is 0 Å². The zero-order valence-corrected chi connectivity index (χ0v) is 12.5. The van der Waals surface area contributed by atoms with E-state index in [1.807, 2.05) is 50.2 Å². The van der Waals surface area contributed by atoms with Gasteiger partial charge in [-0.3, -0.25) is 4.79 Å². The number of pyridine rings is 1. The van der Waals surface area contributed by atoms with E-state index >= 15 is 0 Å². The Labute approximate surface area is 121 Å². The molecule has 19 heavy (non-hydrogen) atoms. The minimum atomic E-state index is -0.0264. The summed E-state index contributed by atoms with van der Waals surface area (Å²) >= 11 is 3.30. The number of anilines is 1. The highest BCUT2D eigenvalue weighted by molar-refractivity contribution is 9.10. The number of hydrogen-bond donors (Lipinski definition) is 1. The van der Waals surface area contributed by atoms with Gasteiger partial charge in [-0.15, -0.1) is 0 Å². The Kier molecular flexibility index (Phi) is 4.32. The van der Waals surface area contributed by atoms with Gasteiger partial charge in [0.1, 0.15) is 4.60 Å². The van der Waals surface area contributed by atoms with E-state index < -0.39 is 0 Å². The van der Waals surface area contributed by atoms with Crippen molar-refractivity contribution in [2.75, 3.05) is 5.32 Å². The van der Waals surface area contributed by atoms with Crippen LogP contribution in [-0.4, -0.2) is 10.9 Å². The molecule has 1 amide bonds. The first kappa shape index (κ1) is 13.7. The molecule has 1 heterocycles. The number of benzene rings is 1. The Hall–Kier alpha value is -1.68. The standard InChI is InChI=1S/C15H15BrN2O/c1-10-5-3-4-6-12(10)9-15(19)18-13-7-8-14(16)17-11(13)2/h3-8H,9H2,1-2H3,(H,18,19). The van der Waals surface area contributed by atoms with Crippen LogP contribution >= 0.6 is 15.9 Å². The first-order valence-corrected chi connectivity index (χ1v) is 6.83. The predicted molar refractivity (Wildman–Crippen MR) is 80.2 cm³/mol. The number of hydrogen-bond acceptors (Lipinski definition) is 2. The van der Waals surface area contributed by atoms with Gasteiger partial charge in [-0.2, -0.15) is 0 Å². The van der Waals surface area contributed by atoms with Crippen molar-refractivity contribution >= 4 is 27.5 Å². The van der Waals surface area contributed by atoms with Crippen molar-refractivity contribution < 1.29 is 4.79 Å². The summed E-state index contributed by atoms with van der Waals surface area (Å²) in [5.74, 6) is -0.0264. The number of amides is 1. The second-order valence-electron chi connectivity index (χ2n) is 4.42. The Morgan fingerprint density at radius 1 is 1.21 bits per heavy atom. The molecular weight excluding hydrogens is 304 g/mol. The minimum absolute atomic E-state index is 0.0264. The predicted octanol–water partition coefficient (Wildman–Crippen LogP) is 3.64. The molecule has 2 aromatic rings. The number of halogens is 1. The highest BCUT2D eigenvalue weighted by atomic mass is 79.9. The smallest absolute Gasteiger partial charge is 0.228 e. The average molecular weight is 319 g/mol. The quantitative estimate of drug-likeness (QED) is 0.878. The lowest BCUT2D eigenvalue weighted by molar-refractivity contribution is -0.115. The van der Waals surface area contributed by atoms with Crippen molar-refractivity contribution in [1.82, 2.24) is 4.98 Å². The molecule has 0 atom stereocenters. The fourth-order valence-electron chi connectivity index (χ4n) is 1.84. The summed E-state index contributed by atoms with van der Waals surface area (Å²) < 4.78 is 0.766. The van der Waals surface area contributed by atoms with E-state index in [2.05, 4.69) is 26.2 Å². The Bertz CT molecular complexity index is 611. The van der Waals surface area contributed by atoms with E-state index in [0.717, 1.165) is 27.1 Å². The topological polar surface area (TPSA) is 42.0 Å². The van der Waals surface area contributed by atoms with Crippen LogP contribution in [0.4, 0.5) is 5.69 Å². The first-order chi connectivity index (χ1) is 9.06. The maximum absolute atomic E-state index is 12.0. The zero-order valence-electron chi connectivity index (χ0n) is 10.9. The molecule has 1 aromatic heterocycles. The summed E-state index contributed by atoms with van der Waals surface area (Å²) in [7, 11) is 0. The summed E-state index contributed by atoms with van der Waals surface area (Å²) in [5.41, 5.74) is 3.72. The molecular formula is C15H15BrN2O. The number of nitrogens with zero attached hydrogens (tertiary/aromatic N) is 1. The minimum Gasteiger partial charge on any atom is -0.324 e. The summed E-state index contributed by atoms with van der Waals surface area (Å²) in [4.78, 5) is 16.3. The maximum Gasteiger partial charge on any atom is 0.228 e. The number of carbonyl (C=O) groups excluding carboxylic acids is 1. The fraction of sp³-hybridized carbons (Fsp3) is 0.200. The van der Waals surface area contributed by atoms with Gasteiger partial charge in [-0.25, -0.2) is 4.98 Å². The van der Waals surface area contributed by atoms with Gasteiger partial charge in [-0.05, 0) is 53.0 Å². The molecule has 0 saturated carbocycles. The van der Waals surface area contributed by atoms with Gasteiger partial charge < -0.3 is 5.32 Å². The number of rotatable bonds is 3. The molecule has 0 spiro atoms. The molecule has 1 N–H and O–H groups in total. The van der Waals surface area contributed by atoms with Crippen molar-refractivity contribution in [3.63, 3.8) is 0 Å². The lowest BCUT2D eigenvalue weighted by Gasteiger charge is -2.09. The Balaban J connectivity index is 2.08. The molecule has 0 aliphatic carbocycles. The average Bonchev–Trinajstić information content (AvgIpc) is 2.36. The first-order valence-electron chi connectivity index (χ1n) is 6.04. The zero-order chi connectivity index (χ0) is 13.8. The molecule has 0 aliphatic heterocycles. The second kappa shape index (κ2) is 5.97. The lowest BCUT2D eigenvalue weighted by atomic mass is 10.1. The van der Waals surface area contributed by atoms with Gasteiger partial charge in [-0.1, -0.05) is 24.3 Å². The van der Waals surface area contributed by atoms with E-state index in [-0.39, 0.29) is 5.91 Å². The molecule has 0 bridgehead atoms. The van der Waals surface area contributed by atoms with E-state index in [1.54, 1.807) is 0 Å². The number of aryl methyl sites for hydroxylation is 2. The third-order valence-corrected chi connectivity index (χ3v) is 3.38. The summed E-state index contributed by atoms with van der Waals surface area (Å²) in [6.07, 6.45) is 0.377. The summed E-state index contributed by atoms with van der Waals surface area (Å²) in [5, 5.41) is 2.89. The van der Waals surface area contributed by atoms with Gasteiger partial charge in [0.2, 0.25) is 5.91 Å². The Morgan fingerprint density at radius 2 is 1.95 bits per heavy atom. The number of aromatic nitrogens is 1. The van der Waals surface area contributed by atoms with Crippen molar-refractivity contribution in [2.24, 2.45) is 0 Å². The van der Waals surface area contributed by atoms with Crippen LogP contribution in [0.15, 0.2) is 41.0 Å². The lowest BCUT2D eigenvalue weighted by Crippen LogP contribution is -2.16. The van der Waals surface area contributed by atoms with Gasteiger partial charge in [0.05, 0.1) is 17.8 Å². The van der Waals surface area contributed by atoms with E-state index in [4.69, 9.17) is 0 Å². The van der Waals surface area contributed by atoms with E-state index in [9.17, 15) is 4.79 Å². The van der Waals surface area contributed by atoms with Crippen molar-refractivity contribution in [3.05, 3.63) is 57.8 Å². The van der Waals surface area contributed by atoms with Crippen LogP contribution in [0, 0.1) is 13.8 Å². The SMILES string of the molecule is Cc1ccccc1CC(=O)Nc1ccc(Br)nc1C. The molecule has 98 valence electrons. The Morgan fingerprint density at radius 3 is 2.63 bits per heavy atom. The van der Waals surface area contributed by atoms with Crippen LogP contribution in [0.25, 0.3) is 0 Å². The van der Waals surface area contributed by atoms with Crippen LogP contribution in [0.2, 0.25) is 0 Å². The highest BCUT2D eigenvalue weighted by Crippen LogP contribution is 2.17. The normalized spacial score (nSPS) is 10.3. The third-order valence-electron chi connectivity index (χ3n) is 2.94.